The predicted octanol–water partition coefficient (Wildman–Crippen LogP) is 3.61. The molecule has 0 fully saturated rings. The van der Waals surface area contributed by atoms with E-state index in [0.29, 0.717) is 21.8 Å². The molecule has 5 nitrogen and oxygen atoms in total. The number of anilines is 1. The van der Waals surface area contributed by atoms with Gasteiger partial charge in [-0.1, -0.05) is 23.7 Å². The summed E-state index contributed by atoms with van der Waals surface area (Å²) in [5.41, 5.74) is 1.55. The van der Waals surface area contributed by atoms with Crippen molar-refractivity contribution in [1.82, 2.24) is 10.6 Å². The molecule has 0 atom stereocenters. The first-order chi connectivity index (χ1) is 11.9. The number of amides is 2. The molecule has 0 saturated carbocycles. The van der Waals surface area contributed by atoms with Crippen LogP contribution in [0.4, 0.5) is 5.69 Å². The zero-order valence-corrected chi connectivity index (χ0v) is 15.4. The molecule has 0 unspecified atom stereocenters. The Morgan fingerprint density at radius 2 is 1.64 bits per heavy atom. The molecule has 0 aromatic heterocycles. The van der Waals surface area contributed by atoms with Gasteiger partial charge in [-0.15, -0.1) is 0 Å². The van der Waals surface area contributed by atoms with E-state index >= 15 is 0 Å². The second kappa shape index (κ2) is 8.60. The van der Waals surface area contributed by atoms with Crippen LogP contribution in [0.2, 0.25) is 5.02 Å². The van der Waals surface area contributed by atoms with E-state index in [1.54, 1.807) is 48.5 Å². The number of hydrogen-bond acceptors (Lipinski definition) is 3. The molecule has 7 heteroatoms. The van der Waals surface area contributed by atoms with E-state index in [1.165, 1.54) is 0 Å². The standard InChI is InChI=1S/C18H18ClN3O2S/c1-11(2)20-16(23)12-7-9-13(10-8-12)21-18(25)22-17(24)14-5-3-4-6-15(14)19/h3-11H,1-2H3,(H,20,23)(H2,21,22,24,25). The van der Waals surface area contributed by atoms with Crippen molar-refractivity contribution in [3.8, 4) is 0 Å². The molecule has 0 aliphatic heterocycles. The van der Waals surface area contributed by atoms with Crippen molar-refractivity contribution in [2.24, 2.45) is 0 Å². The third kappa shape index (κ3) is 5.55. The quantitative estimate of drug-likeness (QED) is 0.714. The van der Waals surface area contributed by atoms with Crippen LogP contribution in [0, 0.1) is 0 Å². The summed E-state index contributed by atoms with van der Waals surface area (Å²) in [6.45, 7) is 3.79. The molecule has 25 heavy (non-hydrogen) atoms. The third-order valence-corrected chi connectivity index (χ3v) is 3.70. The number of halogens is 1. The second-order valence-corrected chi connectivity index (χ2v) is 6.41. The summed E-state index contributed by atoms with van der Waals surface area (Å²) in [4.78, 5) is 24.0. The highest BCUT2D eigenvalue weighted by molar-refractivity contribution is 7.80. The summed E-state index contributed by atoms with van der Waals surface area (Å²) in [7, 11) is 0. The van der Waals surface area contributed by atoms with Crippen molar-refractivity contribution in [3.63, 3.8) is 0 Å². The van der Waals surface area contributed by atoms with Crippen LogP contribution in [-0.2, 0) is 0 Å². The number of thiocarbonyl (C=S) groups is 1. The Morgan fingerprint density at radius 1 is 1.00 bits per heavy atom. The maximum Gasteiger partial charge on any atom is 0.258 e. The smallest absolute Gasteiger partial charge is 0.258 e. The van der Waals surface area contributed by atoms with E-state index in [4.69, 9.17) is 23.8 Å². The van der Waals surface area contributed by atoms with Gasteiger partial charge < -0.3 is 10.6 Å². The van der Waals surface area contributed by atoms with Crippen LogP contribution in [0.3, 0.4) is 0 Å². The summed E-state index contributed by atoms with van der Waals surface area (Å²) in [6.07, 6.45) is 0. The zero-order chi connectivity index (χ0) is 18.4. The van der Waals surface area contributed by atoms with Gasteiger partial charge in [0.1, 0.15) is 0 Å². The highest BCUT2D eigenvalue weighted by Gasteiger charge is 2.11. The van der Waals surface area contributed by atoms with Crippen molar-refractivity contribution >= 4 is 46.4 Å². The molecular formula is C18H18ClN3O2S. The number of rotatable bonds is 4. The van der Waals surface area contributed by atoms with Gasteiger partial charge in [0.15, 0.2) is 5.11 Å². The molecule has 130 valence electrons. The Hall–Kier alpha value is -2.44. The molecule has 0 radical (unpaired) electrons. The molecule has 0 saturated heterocycles. The fraction of sp³-hybridized carbons (Fsp3) is 0.167. The number of hydrogen-bond donors (Lipinski definition) is 3. The lowest BCUT2D eigenvalue weighted by molar-refractivity contribution is 0.0941. The lowest BCUT2D eigenvalue weighted by atomic mass is 10.2. The van der Waals surface area contributed by atoms with E-state index in [2.05, 4.69) is 16.0 Å². The predicted molar refractivity (Wildman–Crippen MR) is 104 cm³/mol. The molecule has 0 bridgehead atoms. The van der Waals surface area contributed by atoms with Gasteiger partial charge in [-0.2, -0.15) is 0 Å². The van der Waals surface area contributed by atoms with Crippen molar-refractivity contribution < 1.29 is 9.59 Å². The average Bonchev–Trinajstić information content (AvgIpc) is 2.55. The molecule has 2 amide bonds. The van der Waals surface area contributed by atoms with Crippen LogP contribution < -0.4 is 16.0 Å². The van der Waals surface area contributed by atoms with Crippen LogP contribution in [0.15, 0.2) is 48.5 Å². The van der Waals surface area contributed by atoms with E-state index < -0.39 is 5.91 Å². The Kier molecular flexibility index (Phi) is 6.50. The maximum atomic E-state index is 12.1. The summed E-state index contributed by atoms with van der Waals surface area (Å²) >= 11 is 11.1. The highest BCUT2D eigenvalue weighted by Crippen LogP contribution is 2.15. The molecule has 3 N–H and O–H groups in total. The molecule has 2 aromatic carbocycles. The minimum absolute atomic E-state index is 0.0675. The number of nitrogens with one attached hydrogen (secondary N) is 3. The first kappa shape index (κ1) is 18.9. The Labute approximate surface area is 156 Å². The molecule has 0 aliphatic rings. The maximum absolute atomic E-state index is 12.1. The number of carbonyl (C=O) groups excluding carboxylic acids is 2. The van der Waals surface area contributed by atoms with Crippen LogP contribution in [0.1, 0.15) is 34.6 Å². The fourth-order valence-electron chi connectivity index (χ4n) is 2.03. The van der Waals surface area contributed by atoms with Crippen LogP contribution in [0.5, 0.6) is 0 Å². The molecular weight excluding hydrogens is 358 g/mol. The van der Waals surface area contributed by atoms with Gasteiger partial charge in [0.05, 0.1) is 10.6 Å². The average molecular weight is 376 g/mol. The molecule has 0 spiro atoms. The Bertz CT molecular complexity index is 791. The first-order valence-corrected chi connectivity index (χ1v) is 8.43. The van der Waals surface area contributed by atoms with E-state index in [-0.39, 0.29) is 17.1 Å². The SMILES string of the molecule is CC(C)NC(=O)c1ccc(NC(=S)NC(=O)c2ccccc2Cl)cc1. The topological polar surface area (TPSA) is 70.2 Å². The van der Waals surface area contributed by atoms with Gasteiger partial charge in [-0.3, -0.25) is 14.9 Å². The van der Waals surface area contributed by atoms with Crippen molar-refractivity contribution in [3.05, 3.63) is 64.7 Å². The van der Waals surface area contributed by atoms with E-state index in [0.717, 1.165) is 0 Å². The number of carbonyl (C=O) groups is 2. The molecule has 2 aromatic rings. The summed E-state index contributed by atoms with van der Waals surface area (Å²) < 4.78 is 0. The van der Waals surface area contributed by atoms with E-state index in [9.17, 15) is 9.59 Å². The summed E-state index contributed by atoms with van der Waals surface area (Å²) in [5, 5.41) is 8.77. The normalized spacial score (nSPS) is 10.2. The highest BCUT2D eigenvalue weighted by atomic mass is 35.5. The Morgan fingerprint density at radius 3 is 2.24 bits per heavy atom. The van der Waals surface area contributed by atoms with Gasteiger partial charge in [-0.25, -0.2) is 0 Å². The molecule has 2 rings (SSSR count). The molecule has 0 heterocycles. The van der Waals surface area contributed by atoms with Gasteiger partial charge in [0.25, 0.3) is 11.8 Å². The monoisotopic (exact) mass is 375 g/mol. The largest absolute Gasteiger partial charge is 0.350 e. The summed E-state index contributed by atoms with van der Waals surface area (Å²) in [5.74, 6) is -0.535. The second-order valence-electron chi connectivity index (χ2n) is 5.59. The minimum atomic E-state index is -0.393. The van der Waals surface area contributed by atoms with Gasteiger partial charge in [0, 0.05) is 17.3 Å². The first-order valence-electron chi connectivity index (χ1n) is 7.64. The van der Waals surface area contributed by atoms with Gasteiger partial charge in [-0.05, 0) is 62.5 Å². The van der Waals surface area contributed by atoms with Crippen molar-refractivity contribution in [2.45, 2.75) is 19.9 Å². The van der Waals surface area contributed by atoms with Crippen LogP contribution in [0.25, 0.3) is 0 Å². The van der Waals surface area contributed by atoms with Crippen LogP contribution >= 0.6 is 23.8 Å². The number of benzene rings is 2. The van der Waals surface area contributed by atoms with Gasteiger partial charge in [0.2, 0.25) is 0 Å². The van der Waals surface area contributed by atoms with Crippen LogP contribution in [-0.4, -0.2) is 23.0 Å². The minimum Gasteiger partial charge on any atom is -0.350 e. The van der Waals surface area contributed by atoms with Crippen molar-refractivity contribution in [1.29, 1.82) is 0 Å². The Balaban J connectivity index is 1.95. The summed E-state index contributed by atoms with van der Waals surface area (Å²) in [6, 6.07) is 13.6. The third-order valence-electron chi connectivity index (χ3n) is 3.17. The van der Waals surface area contributed by atoms with Gasteiger partial charge >= 0.3 is 0 Å². The van der Waals surface area contributed by atoms with Crippen molar-refractivity contribution in [2.75, 3.05) is 5.32 Å². The lowest BCUT2D eigenvalue weighted by Crippen LogP contribution is -2.34. The fourth-order valence-corrected chi connectivity index (χ4v) is 2.46. The molecule has 0 aliphatic carbocycles. The van der Waals surface area contributed by atoms with E-state index in [1.807, 2.05) is 13.8 Å². The zero-order valence-electron chi connectivity index (χ0n) is 13.8. The lowest BCUT2D eigenvalue weighted by Gasteiger charge is -2.11.